The highest BCUT2D eigenvalue weighted by Crippen LogP contribution is 2.11. The van der Waals surface area contributed by atoms with Crippen LogP contribution in [0.2, 0.25) is 0 Å². The van der Waals surface area contributed by atoms with Gasteiger partial charge in [-0.15, -0.1) is 0 Å². The van der Waals surface area contributed by atoms with Gasteiger partial charge < -0.3 is 20.8 Å². The van der Waals surface area contributed by atoms with Crippen molar-refractivity contribution in [1.29, 1.82) is 0 Å². The van der Waals surface area contributed by atoms with Gasteiger partial charge in [0.25, 0.3) is 5.91 Å². The summed E-state index contributed by atoms with van der Waals surface area (Å²) in [6, 6.07) is 1.53. The van der Waals surface area contributed by atoms with E-state index in [-0.39, 0.29) is 37.8 Å². The van der Waals surface area contributed by atoms with Crippen LogP contribution >= 0.6 is 0 Å². The number of carbonyl (C=O) groups excluding carboxylic acids is 1. The summed E-state index contributed by atoms with van der Waals surface area (Å²) in [5.41, 5.74) is 6.26. The van der Waals surface area contributed by atoms with E-state index in [0.29, 0.717) is 5.69 Å². The molecule has 1 aromatic heterocycles. The van der Waals surface area contributed by atoms with Crippen LogP contribution in [0, 0.1) is 0 Å². The second-order valence-corrected chi connectivity index (χ2v) is 3.20. The summed E-state index contributed by atoms with van der Waals surface area (Å²) in [7, 11) is 0. The Bertz CT molecular complexity index is 351. The molecule has 0 fully saturated rings. The molecule has 6 heteroatoms. The van der Waals surface area contributed by atoms with Crippen LogP contribution in [0.3, 0.4) is 0 Å². The highest BCUT2D eigenvalue weighted by Gasteiger charge is 2.17. The molecule has 1 amide bonds. The van der Waals surface area contributed by atoms with Crippen molar-refractivity contribution in [3.63, 3.8) is 0 Å². The van der Waals surface area contributed by atoms with Crippen molar-refractivity contribution in [3.8, 4) is 0 Å². The second-order valence-electron chi connectivity index (χ2n) is 3.20. The number of nitrogens with zero attached hydrogens (tertiary/aromatic N) is 2. The summed E-state index contributed by atoms with van der Waals surface area (Å²) in [6.07, 6.45) is 2.87. The van der Waals surface area contributed by atoms with Gasteiger partial charge in [-0.2, -0.15) is 0 Å². The number of carbonyl (C=O) groups is 1. The van der Waals surface area contributed by atoms with Gasteiger partial charge in [-0.25, -0.2) is 0 Å². The van der Waals surface area contributed by atoms with E-state index in [9.17, 15) is 4.79 Å². The van der Waals surface area contributed by atoms with Gasteiger partial charge in [-0.3, -0.25) is 9.78 Å². The number of aliphatic hydroxyl groups excluding tert-OH is 2. The monoisotopic (exact) mass is 225 g/mol. The van der Waals surface area contributed by atoms with Crippen LogP contribution in [0.25, 0.3) is 0 Å². The van der Waals surface area contributed by atoms with Gasteiger partial charge in [0.1, 0.15) is 0 Å². The number of pyridine rings is 1. The van der Waals surface area contributed by atoms with E-state index in [2.05, 4.69) is 4.98 Å². The Morgan fingerprint density at radius 1 is 1.38 bits per heavy atom. The van der Waals surface area contributed by atoms with Crippen molar-refractivity contribution in [2.24, 2.45) is 0 Å². The number of hydrogen-bond donors (Lipinski definition) is 3. The van der Waals surface area contributed by atoms with Crippen molar-refractivity contribution >= 4 is 11.6 Å². The van der Waals surface area contributed by atoms with E-state index in [1.165, 1.54) is 23.4 Å². The van der Waals surface area contributed by atoms with Gasteiger partial charge in [0.15, 0.2) is 0 Å². The lowest BCUT2D eigenvalue weighted by Gasteiger charge is -2.21. The summed E-state index contributed by atoms with van der Waals surface area (Å²) in [5, 5.41) is 17.6. The first kappa shape index (κ1) is 12.4. The molecule has 1 aromatic rings. The third-order valence-corrected chi connectivity index (χ3v) is 2.11. The number of anilines is 1. The SMILES string of the molecule is Nc1ccncc1C(=O)N(CCO)CCO. The van der Waals surface area contributed by atoms with E-state index < -0.39 is 0 Å². The van der Waals surface area contributed by atoms with Crippen LogP contribution in [0.1, 0.15) is 10.4 Å². The van der Waals surface area contributed by atoms with E-state index >= 15 is 0 Å². The number of rotatable bonds is 5. The maximum atomic E-state index is 11.9. The molecule has 6 nitrogen and oxygen atoms in total. The minimum absolute atomic E-state index is 0.160. The predicted molar refractivity (Wildman–Crippen MR) is 58.7 cm³/mol. The van der Waals surface area contributed by atoms with Crippen LogP contribution in [0.5, 0.6) is 0 Å². The molecule has 0 saturated carbocycles. The first-order valence-electron chi connectivity index (χ1n) is 4.91. The largest absolute Gasteiger partial charge is 0.398 e. The molecular formula is C10H15N3O3. The minimum Gasteiger partial charge on any atom is -0.398 e. The predicted octanol–water partition coefficient (Wildman–Crippen LogP) is -0.909. The molecule has 0 aliphatic carbocycles. The third-order valence-electron chi connectivity index (χ3n) is 2.11. The van der Waals surface area contributed by atoms with E-state index in [1.54, 1.807) is 0 Å². The summed E-state index contributed by atoms with van der Waals surface area (Å²) in [6.45, 7) is -0.000725. The summed E-state index contributed by atoms with van der Waals surface area (Å²) >= 11 is 0. The topological polar surface area (TPSA) is 99.7 Å². The number of aromatic nitrogens is 1. The Kier molecular flexibility index (Phi) is 4.68. The minimum atomic E-state index is -0.339. The fourth-order valence-corrected chi connectivity index (χ4v) is 1.31. The molecule has 16 heavy (non-hydrogen) atoms. The van der Waals surface area contributed by atoms with Crippen molar-refractivity contribution < 1.29 is 15.0 Å². The van der Waals surface area contributed by atoms with Gasteiger partial charge >= 0.3 is 0 Å². The number of aliphatic hydroxyl groups is 2. The Morgan fingerprint density at radius 2 is 2.00 bits per heavy atom. The number of hydrogen-bond acceptors (Lipinski definition) is 5. The van der Waals surface area contributed by atoms with Crippen molar-refractivity contribution in [3.05, 3.63) is 24.0 Å². The van der Waals surface area contributed by atoms with Crippen LogP contribution in [0.15, 0.2) is 18.5 Å². The average molecular weight is 225 g/mol. The van der Waals surface area contributed by atoms with E-state index in [1.807, 2.05) is 0 Å². The second kappa shape index (κ2) is 6.04. The van der Waals surface area contributed by atoms with E-state index in [0.717, 1.165) is 0 Å². The maximum Gasteiger partial charge on any atom is 0.257 e. The van der Waals surface area contributed by atoms with Crippen molar-refractivity contribution in [2.45, 2.75) is 0 Å². The molecule has 0 spiro atoms. The van der Waals surface area contributed by atoms with Crippen LogP contribution in [-0.4, -0.2) is 52.3 Å². The zero-order valence-corrected chi connectivity index (χ0v) is 8.83. The lowest BCUT2D eigenvalue weighted by molar-refractivity contribution is 0.0685. The van der Waals surface area contributed by atoms with Crippen molar-refractivity contribution in [1.82, 2.24) is 9.88 Å². The zero-order chi connectivity index (χ0) is 12.0. The Morgan fingerprint density at radius 3 is 2.50 bits per heavy atom. The highest BCUT2D eigenvalue weighted by molar-refractivity contribution is 5.98. The van der Waals surface area contributed by atoms with Gasteiger partial charge in [-0.05, 0) is 6.07 Å². The average Bonchev–Trinajstić information content (AvgIpc) is 2.28. The molecule has 0 atom stereocenters. The molecule has 0 bridgehead atoms. The Labute approximate surface area is 93.3 Å². The molecule has 1 heterocycles. The first-order valence-corrected chi connectivity index (χ1v) is 4.91. The molecule has 1 rings (SSSR count). The first-order chi connectivity index (χ1) is 7.70. The van der Waals surface area contributed by atoms with Crippen LogP contribution in [-0.2, 0) is 0 Å². The summed E-state index contributed by atoms with van der Waals surface area (Å²) < 4.78 is 0. The number of amides is 1. The lowest BCUT2D eigenvalue weighted by atomic mass is 10.2. The van der Waals surface area contributed by atoms with Gasteiger partial charge in [0, 0.05) is 31.2 Å². The van der Waals surface area contributed by atoms with Crippen LogP contribution < -0.4 is 5.73 Å². The standard InChI is InChI=1S/C10H15N3O3/c11-9-1-2-12-7-8(9)10(16)13(3-5-14)4-6-15/h1-2,7,14-15H,3-6H2,(H2,11,12). The molecule has 0 aliphatic heterocycles. The van der Waals surface area contributed by atoms with E-state index in [4.69, 9.17) is 15.9 Å². The molecule has 0 unspecified atom stereocenters. The van der Waals surface area contributed by atoms with Crippen LogP contribution in [0.4, 0.5) is 5.69 Å². The fourth-order valence-electron chi connectivity index (χ4n) is 1.31. The highest BCUT2D eigenvalue weighted by atomic mass is 16.3. The van der Waals surface area contributed by atoms with Gasteiger partial charge in [0.05, 0.1) is 18.8 Å². The normalized spacial score (nSPS) is 10.1. The third kappa shape index (κ3) is 2.91. The maximum absolute atomic E-state index is 11.9. The lowest BCUT2D eigenvalue weighted by Crippen LogP contribution is -2.36. The Hall–Kier alpha value is -1.66. The van der Waals surface area contributed by atoms with Gasteiger partial charge in [0.2, 0.25) is 0 Å². The molecule has 0 radical (unpaired) electrons. The summed E-state index contributed by atoms with van der Waals surface area (Å²) in [5.74, 6) is -0.339. The molecule has 0 aromatic carbocycles. The molecular weight excluding hydrogens is 210 g/mol. The molecule has 88 valence electrons. The molecule has 0 aliphatic rings. The zero-order valence-electron chi connectivity index (χ0n) is 8.83. The van der Waals surface area contributed by atoms with Gasteiger partial charge in [-0.1, -0.05) is 0 Å². The summed E-state index contributed by atoms with van der Waals surface area (Å²) in [4.78, 5) is 17.1. The quantitative estimate of drug-likeness (QED) is 0.602. The smallest absolute Gasteiger partial charge is 0.257 e. The fraction of sp³-hybridized carbons (Fsp3) is 0.400. The number of nitrogen functional groups attached to an aromatic ring is 1. The molecule has 4 N–H and O–H groups in total. The van der Waals surface area contributed by atoms with Crippen molar-refractivity contribution in [2.75, 3.05) is 32.0 Å². The number of nitrogens with two attached hydrogens (primary N) is 1. The Balaban J connectivity index is 2.85. The molecule has 0 saturated heterocycles.